The predicted molar refractivity (Wildman–Crippen MR) is 76.9 cm³/mol. The molecule has 1 heterocycles. The van der Waals surface area contributed by atoms with Gasteiger partial charge >= 0.3 is 0 Å². The molecule has 0 bridgehead atoms. The first-order valence-corrected chi connectivity index (χ1v) is 7.54. The smallest absolute Gasteiger partial charge is 0.187 e. The summed E-state index contributed by atoms with van der Waals surface area (Å²) in [6.45, 7) is 6.07. The number of aryl methyl sites for hydroxylation is 1. The van der Waals surface area contributed by atoms with Crippen LogP contribution in [0.1, 0.15) is 38.8 Å². The standard InChI is InChI=1S/C14H20N4S/c1-10-6-7-16-13(17-10)19-11(2)8-14(3,9-15)18-12-4-5-12/h6-7,11-12,18H,4-5,8H2,1-3H3. The molecular weight excluding hydrogens is 256 g/mol. The fraction of sp³-hybridized carbons (Fsp3) is 0.643. The Hall–Kier alpha value is -1.12. The number of nitrogens with zero attached hydrogens (tertiary/aromatic N) is 3. The van der Waals surface area contributed by atoms with Gasteiger partial charge in [-0.2, -0.15) is 5.26 Å². The second kappa shape index (κ2) is 5.89. The average molecular weight is 276 g/mol. The zero-order valence-electron chi connectivity index (χ0n) is 11.7. The first-order valence-electron chi connectivity index (χ1n) is 6.66. The Bertz CT molecular complexity index is 481. The van der Waals surface area contributed by atoms with Crippen LogP contribution >= 0.6 is 11.8 Å². The van der Waals surface area contributed by atoms with Gasteiger partial charge in [-0.25, -0.2) is 9.97 Å². The fourth-order valence-electron chi connectivity index (χ4n) is 2.09. The van der Waals surface area contributed by atoms with Crippen molar-refractivity contribution in [3.05, 3.63) is 18.0 Å². The van der Waals surface area contributed by atoms with Gasteiger partial charge in [-0.3, -0.25) is 5.32 Å². The molecule has 0 aliphatic heterocycles. The Balaban J connectivity index is 1.92. The van der Waals surface area contributed by atoms with Crippen molar-refractivity contribution in [1.29, 1.82) is 5.26 Å². The third-order valence-electron chi connectivity index (χ3n) is 3.12. The molecule has 4 nitrogen and oxygen atoms in total. The highest BCUT2D eigenvalue weighted by Gasteiger charge is 2.33. The van der Waals surface area contributed by atoms with E-state index in [9.17, 15) is 5.26 Å². The molecule has 1 aliphatic rings. The van der Waals surface area contributed by atoms with Gasteiger partial charge in [-0.1, -0.05) is 18.7 Å². The van der Waals surface area contributed by atoms with Gasteiger partial charge < -0.3 is 0 Å². The maximum atomic E-state index is 9.37. The molecule has 0 radical (unpaired) electrons. The summed E-state index contributed by atoms with van der Waals surface area (Å²) in [5.41, 5.74) is 0.529. The average Bonchev–Trinajstić information content (AvgIpc) is 3.12. The van der Waals surface area contributed by atoms with Gasteiger partial charge in [0.2, 0.25) is 0 Å². The molecule has 0 spiro atoms. The molecule has 5 heteroatoms. The summed E-state index contributed by atoms with van der Waals surface area (Å²) in [4.78, 5) is 8.65. The summed E-state index contributed by atoms with van der Waals surface area (Å²) >= 11 is 1.63. The van der Waals surface area contributed by atoms with E-state index in [4.69, 9.17) is 0 Å². The third-order valence-corrected chi connectivity index (χ3v) is 4.10. The second-order valence-electron chi connectivity index (χ2n) is 5.48. The van der Waals surface area contributed by atoms with Crippen molar-refractivity contribution in [3.63, 3.8) is 0 Å². The molecule has 1 aromatic heterocycles. The normalized spacial score (nSPS) is 19.5. The Labute approximate surface area is 119 Å². The minimum Gasteiger partial charge on any atom is -0.297 e. The Kier molecular flexibility index (Phi) is 4.43. The molecule has 0 saturated heterocycles. The molecule has 1 fully saturated rings. The number of hydrogen-bond acceptors (Lipinski definition) is 5. The van der Waals surface area contributed by atoms with Gasteiger partial charge in [0, 0.05) is 23.2 Å². The van der Waals surface area contributed by atoms with Crippen molar-refractivity contribution in [1.82, 2.24) is 15.3 Å². The molecule has 1 N–H and O–H groups in total. The van der Waals surface area contributed by atoms with Gasteiger partial charge in [0.1, 0.15) is 5.54 Å². The molecule has 0 aromatic carbocycles. The van der Waals surface area contributed by atoms with Crippen molar-refractivity contribution >= 4 is 11.8 Å². The van der Waals surface area contributed by atoms with E-state index in [1.165, 1.54) is 12.8 Å². The van der Waals surface area contributed by atoms with Crippen LogP contribution in [0.3, 0.4) is 0 Å². The minimum absolute atomic E-state index is 0.303. The van der Waals surface area contributed by atoms with Gasteiger partial charge in [-0.15, -0.1) is 0 Å². The number of aromatic nitrogens is 2. The lowest BCUT2D eigenvalue weighted by molar-refractivity contribution is 0.414. The second-order valence-corrected chi connectivity index (χ2v) is 6.88. The SMILES string of the molecule is Cc1ccnc(SC(C)CC(C)(C#N)NC2CC2)n1. The summed E-state index contributed by atoms with van der Waals surface area (Å²) in [5.74, 6) is 0. The van der Waals surface area contributed by atoms with E-state index in [0.29, 0.717) is 11.3 Å². The highest BCUT2D eigenvalue weighted by atomic mass is 32.2. The van der Waals surface area contributed by atoms with Crippen LogP contribution in [0.15, 0.2) is 17.4 Å². The summed E-state index contributed by atoms with van der Waals surface area (Å²) in [6.07, 6.45) is 4.96. The first kappa shape index (κ1) is 14.3. The van der Waals surface area contributed by atoms with E-state index < -0.39 is 5.54 Å². The number of hydrogen-bond donors (Lipinski definition) is 1. The van der Waals surface area contributed by atoms with E-state index in [2.05, 4.69) is 28.3 Å². The maximum Gasteiger partial charge on any atom is 0.187 e. The van der Waals surface area contributed by atoms with Crippen LogP contribution in [-0.4, -0.2) is 26.8 Å². The molecule has 19 heavy (non-hydrogen) atoms. The van der Waals surface area contributed by atoms with Crippen LogP contribution in [-0.2, 0) is 0 Å². The molecule has 1 saturated carbocycles. The molecule has 1 aromatic rings. The van der Waals surface area contributed by atoms with E-state index in [-0.39, 0.29) is 0 Å². The molecule has 2 unspecified atom stereocenters. The van der Waals surface area contributed by atoms with Gasteiger partial charge in [0.15, 0.2) is 5.16 Å². The van der Waals surface area contributed by atoms with Crippen LogP contribution in [0, 0.1) is 18.3 Å². The van der Waals surface area contributed by atoms with Gasteiger partial charge in [-0.05, 0) is 39.2 Å². The number of nitriles is 1. The summed E-state index contributed by atoms with van der Waals surface area (Å²) < 4.78 is 0. The fourth-order valence-corrected chi connectivity index (χ4v) is 3.19. The van der Waals surface area contributed by atoms with Crippen molar-refractivity contribution in [2.24, 2.45) is 0 Å². The lowest BCUT2D eigenvalue weighted by Crippen LogP contribution is -2.44. The van der Waals surface area contributed by atoms with Crippen LogP contribution in [0.25, 0.3) is 0 Å². The van der Waals surface area contributed by atoms with Crippen LogP contribution in [0.4, 0.5) is 0 Å². The molecule has 0 amide bonds. The molecule has 2 atom stereocenters. The quantitative estimate of drug-likeness (QED) is 0.639. The summed E-state index contributed by atoms with van der Waals surface area (Å²) in [7, 11) is 0. The molecular formula is C14H20N4S. The minimum atomic E-state index is -0.447. The maximum absolute atomic E-state index is 9.37. The van der Waals surface area contributed by atoms with Crippen molar-refractivity contribution in [2.45, 2.75) is 62.0 Å². The van der Waals surface area contributed by atoms with Crippen molar-refractivity contribution in [2.75, 3.05) is 0 Å². The molecule has 102 valence electrons. The van der Waals surface area contributed by atoms with E-state index >= 15 is 0 Å². The number of thioether (sulfide) groups is 1. The highest BCUT2D eigenvalue weighted by Crippen LogP contribution is 2.29. The van der Waals surface area contributed by atoms with E-state index in [1.54, 1.807) is 18.0 Å². The molecule has 1 aliphatic carbocycles. The number of nitrogens with one attached hydrogen (secondary N) is 1. The lowest BCUT2D eigenvalue weighted by atomic mass is 9.98. The third kappa shape index (κ3) is 4.48. The summed E-state index contributed by atoms with van der Waals surface area (Å²) in [6, 6.07) is 4.84. The van der Waals surface area contributed by atoms with Crippen molar-refractivity contribution in [3.8, 4) is 6.07 Å². The zero-order chi connectivity index (χ0) is 13.9. The zero-order valence-corrected chi connectivity index (χ0v) is 12.5. The van der Waals surface area contributed by atoms with Crippen LogP contribution in [0.2, 0.25) is 0 Å². The number of rotatable bonds is 6. The van der Waals surface area contributed by atoms with Crippen molar-refractivity contribution < 1.29 is 0 Å². The van der Waals surface area contributed by atoms with E-state index in [1.807, 2.05) is 19.9 Å². The molecule has 2 rings (SSSR count). The Morgan fingerprint density at radius 1 is 1.63 bits per heavy atom. The first-order chi connectivity index (χ1) is 9.00. The lowest BCUT2D eigenvalue weighted by Gasteiger charge is -2.26. The van der Waals surface area contributed by atoms with Crippen LogP contribution < -0.4 is 5.32 Å². The summed E-state index contributed by atoms with van der Waals surface area (Å²) in [5, 5.41) is 13.9. The predicted octanol–water partition coefficient (Wildman–Crippen LogP) is 2.69. The Morgan fingerprint density at radius 2 is 2.37 bits per heavy atom. The van der Waals surface area contributed by atoms with Crippen LogP contribution in [0.5, 0.6) is 0 Å². The van der Waals surface area contributed by atoms with Gasteiger partial charge in [0.05, 0.1) is 6.07 Å². The Morgan fingerprint density at radius 3 is 2.95 bits per heavy atom. The van der Waals surface area contributed by atoms with E-state index in [0.717, 1.165) is 17.3 Å². The topological polar surface area (TPSA) is 61.6 Å². The highest BCUT2D eigenvalue weighted by molar-refractivity contribution is 7.99. The monoisotopic (exact) mass is 276 g/mol. The van der Waals surface area contributed by atoms with Gasteiger partial charge in [0.25, 0.3) is 0 Å². The largest absolute Gasteiger partial charge is 0.297 e.